The van der Waals surface area contributed by atoms with Gasteiger partial charge >= 0.3 is 0 Å². The molecule has 0 saturated carbocycles. The Morgan fingerprint density at radius 2 is 2.14 bits per heavy atom. The van der Waals surface area contributed by atoms with Crippen molar-refractivity contribution in [3.05, 3.63) is 17.7 Å². The zero-order valence-electron chi connectivity index (χ0n) is 9.16. The van der Waals surface area contributed by atoms with E-state index >= 15 is 0 Å². The molecular weight excluding hydrogens is 242 g/mol. The standard InChI is InChI=1S/C10H19N3.BrH/c1-8(2)10-12-9(5-4-6-11)7-13(10)3;/h7-8H,4-6,11H2,1-3H3;1H. The predicted octanol–water partition coefficient (Wildman–Crippen LogP) is 2.01. The van der Waals surface area contributed by atoms with Crippen molar-refractivity contribution >= 4 is 17.0 Å². The average Bonchev–Trinajstić information content (AvgIpc) is 2.43. The van der Waals surface area contributed by atoms with Gasteiger partial charge in [0.1, 0.15) is 5.82 Å². The number of rotatable bonds is 4. The van der Waals surface area contributed by atoms with Gasteiger partial charge in [0.2, 0.25) is 0 Å². The Labute approximate surface area is 96.5 Å². The van der Waals surface area contributed by atoms with E-state index in [-0.39, 0.29) is 17.0 Å². The van der Waals surface area contributed by atoms with Crippen LogP contribution in [0.4, 0.5) is 0 Å². The van der Waals surface area contributed by atoms with E-state index in [0.717, 1.165) is 30.9 Å². The number of hydrogen-bond donors (Lipinski definition) is 1. The fourth-order valence-corrected chi connectivity index (χ4v) is 1.48. The molecule has 2 N–H and O–H groups in total. The van der Waals surface area contributed by atoms with Gasteiger partial charge in [0, 0.05) is 19.2 Å². The Bertz CT molecular complexity index is 268. The maximum Gasteiger partial charge on any atom is 0.111 e. The van der Waals surface area contributed by atoms with E-state index in [4.69, 9.17) is 5.73 Å². The van der Waals surface area contributed by atoms with E-state index in [9.17, 15) is 0 Å². The molecule has 0 radical (unpaired) electrons. The van der Waals surface area contributed by atoms with Crippen LogP contribution in [-0.4, -0.2) is 16.1 Å². The Morgan fingerprint density at radius 1 is 1.50 bits per heavy atom. The third-order valence-electron chi connectivity index (χ3n) is 2.12. The zero-order valence-corrected chi connectivity index (χ0v) is 10.9. The lowest BCUT2D eigenvalue weighted by molar-refractivity contribution is 0.709. The van der Waals surface area contributed by atoms with Crippen molar-refractivity contribution in [1.82, 2.24) is 9.55 Å². The molecule has 1 aromatic rings. The number of hydrogen-bond acceptors (Lipinski definition) is 2. The summed E-state index contributed by atoms with van der Waals surface area (Å²) < 4.78 is 2.11. The number of nitrogens with zero attached hydrogens (tertiary/aromatic N) is 2. The molecule has 82 valence electrons. The van der Waals surface area contributed by atoms with Gasteiger partial charge in [-0.3, -0.25) is 0 Å². The minimum absolute atomic E-state index is 0. The number of halogens is 1. The second-order valence-electron chi connectivity index (χ2n) is 3.75. The van der Waals surface area contributed by atoms with Gasteiger partial charge in [0.05, 0.1) is 5.69 Å². The van der Waals surface area contributed by atoms with Crippen LogP contribution in [0.15, 0.2) is 6.20 Å². The highest BCUT2D eigenvalue weighted by atomic mass is 79.9. The van der Waals surface area contributed by atoms with Gasteiger partial charge in [-0.1, -0.05) is 13.8 Å². The van der Waals surface area contributed by atoms with Crippen LogP contribution in [0.25, 0.3) is 0 Å². The van der Waals surface area contributed by atoms with Gasteiger partial charge in [0.15, 0.2) is 0 Å². The first-order chi connectivity index (χ1) is 6.15. The Balaban J connectivity index is 0.00000169. The lowest BCUT2D eigenvalue weighted by Crippen LogP contribution is -2.00. The van der Waals surface area contributed by atoms with E-state index < -0.39 is 0 Å². The highest BCUT2D eigenvalue weighted by Crippen LogP contribution is 2.13. The van der Waals surface area contributed by atoms with Gasteiger partial charge in [-0.05, 0) is 19.4 Å². The Morgan fingerprint density at radius 3 is 2.57 bits per heavy atom. The van der Waals surface area contributed by atoms with Crippen molar-refractivity contribution in [1.29, 1.82) is 0 Å². The molecule has 0 fully saturated rings. The molecule has 0 bridgehead atoms. The average molecular weight is 262 g/mol. The van der Waals surface area contributed by atoms with Crippen LogP contribution in [0.1, 0.15) is 37.7 Å². The monoisotopic (exact) mass is 261 g/mol. The predicted molar refractivity (Wildman–Crippen MR) is 65.0 cm³/mol. The maximum absolute atomic E-state index is 5.45. The number of aromatic nitrogens is 2. The van der Waals surface area contributed by atoms with Crippen molar-refractivity contribution in [2.24, 2.45) is 12.8 Å². The molecule has 0 spiro atoms. The van der Waals surface area contributed by atoms with E-state index in [1.165, 1.54) is 0 Å². The molecule has 4 heteroatoms. The zero-order chi connectivity index (χ0) is 9.84. The van der Waals surface area contributed by atoms with Gasteiger partial charge < -0.3 is 10.3 Å². The smallest absolute Gasteiger partial charge is 0.111 e. The topological polar surface area (TPSA) is 43.8 Å². The highest BCUT2D eigenvalue weighted by molar-refractivity contribution is 8.93. The Kier molecular flexibility index (Phi) is 6.04. The van der Waals surface area contributed by atoms with Gasteiger partial charge in [0.25, 0.3) is 0 Å². The minimum atomic E-state index is 0. The van der Waals surface area contributed by atoms with E-state index in [1.807, 2.05) is 7.05 Å². The van der Waals surface area contributed by atoms with Crippen LogP contribution in [0, 0.1) is 0 Å². The van der Waals surface area contributed by atoms with Crippen LogP contribution in [0.2, 0.25) is 0 Å². The summed E-state index contributed by atoms with van der Waals surface area (Å²) in [7, 11) is 2.05. The van der Waals surface area contributed by atoms with Crippen molar-refractivity contribution in [2.45, 2.75) is 32.6 Å². The molecule has 1 aromatic heterocycles. The van der Waals surface area contributed by atoms with Crippen molar-refractivity contribution in [3.8, 4) is 0 Å². The summed E-state index contributed by atoms with van der Waals surface area (Å²) in [4.78, 5) is 4.55. The second kappa shape index (κ2) is 6.19. The molecule has 0 aliphatic heterocycles. The molecule has 0 unspecified atom stereocenters. The van der Waals surface area contributed by atoms with Gasteiger partial charge in [-0.25, -0.2) is 4.98 Å². The van der Waals surface area contributed by atoms with E-state index in [1.54, 1.807) is 0 Å². The third kappa shape index (κ3) is 3.42. The Hall–Kier alpha value is -0.350. The molecular formula is C10H20BrN3. The summed E-state index contributed by atoms with van der Waals surface area (Å²) in [5.41, 5.74) is 6.61. The molecule has 0 aliphatic carbocycles. The largest absolute Gasteiger partial charge is 0.338 e. The number of aryl methyl sites for hydroxylation is 2. The molecule has 1 heterocycles. The molecule has 3 nitrogen and oxygen atoms in total. The van der Waals surface area contributed by atoms with Crippen molar-refractivity contribution in [3.63, 3.8) is 0 Å². The van der Waals surface area contributed by atoms with Crippen LogP contribution >= 0.6 is 17.0 Å². The fraction of sp³-hybridized carbons (Fsp3) is 0.700. The minimum Gasteiger partial charge on any atom is -0.338 e. The van der Waals surface area contributed by atoms with E-state index in [0.29, 0.717) is 5.92 Å². The molecule has 0 amide bonds. The number of imidazole rings is 1. The quantitative estimate of drug-likeness (QED) is 0.902. The summed E-state index contributed by atoms with van der Waals surface area (Å²) in [6.45, 7) is 5.07. The fourth-order valence-electron chi connectivity index (χ4n) is 1.48. The normalized spacial score (nSPS) is 10.4. The van der Waals surface area contributed by atoms with Crippen LogP contribution in [0.3, 0.4) is 0 Å². The summed E-state index contributed by atoms with van der Waals surface area (Å²) in [6.07, 6.45) is 4.12. The molecule has 0 atom stereocenters. The molecule has 0 aliphatic rings. The van der Waals surface area contributed by atoms with Crippen LogP contribution in [-0.2, 0) is 13.5 Å². The van der Waals surface area contributed by atoms with Gasteiger partial charge in [-0.15, -0.1) is 17.0 Å². The number of nitrogens with two attached hydrogens (primary N) is 1. The molecule has 0 aromatic carbocycles. The van der Waals surface area contributed by atoms with Crippen molar-refractivity contribution in [2.75, 3.05) is 6.54 Å². The first-order valence-electron chi connectivity index (χ1n) is 4.87. The van der Waals surface area contributed by atoms with Gasteiger partial charge in [-0.2, -0.15) is 0 Å². The summed E-state index contributed by atoms with van der Waals surface area (Å²) in [5, 5.41) is 0. The first kappa shape index (κ1) is 13.7. The SMILES string of the molecule is Br.CC(C)c1nc(CCCN)cn1C. The van der Waals surface area contributed by atoms with Crippen molar-refractivity contribution < 1.29 is 0 Å². The van der Waals surface area contributed by atoms with Crippen LogP contribution < -0.4 is 5.73 Å². The summed E-state index contributed by atoms with van der Waals surface area (Å²) >= 11 is 0. The summed E-state index contributed by atoms with van der Waals surface area (Å²) in [6, 6.07) is 0. The molecule has 1 rings (SSSR count). The second-order valence-corrected chi connectivity index (χ2v) is 3.75. The molecule has 14 heavy (non-hydrogen) atoms. The van der Waals surface area contributed by atoms with E-state index in [2.05, 4.69) is 29.6 Å². The molecule has 0 saturated heterocycles. The highest BCUT2D eigenvalue weighted by Gasteiger charge is 2.07. The third-order valence-corrected chi connectivity index (χ3v) is 2.12. The lowest BCUT2D eigenvalue weighted by Gasteiger charge is -2.02. The summed E-state index contributed by atoms with van der Waals surface area (Å²) in [5.74, 6) is 1.66. The van der Waals surface area contributed by atoms with Crippen LogP contribution in [0.5, 0.6) is 0 Å². The lowest BCUT2D eigenvalue weighted by atomic mass is 10.2. The first-order valence-corrected chi connectivity index (χ1v) is 4.87. The maximum atomic E-state index is 5.45.